The Balaban J connectivity index is -0.000000194. The van der Waals surface area contributed by atoms with Crippen LogP contribution in [0.15, 0.2) is 15.8 Å². The standard InChI is InChI=1S/C18H34N3O4P.5CO.W/c1-11(2)20(12(3)4)26(21(13(5)6)14(7)8)16(18(23)25-10)15(19-26)17(22)24-9;5*1-2;/h11-14H,1-10H3;;;;;;. The van der Waals surface area contributed by atoms with E-state index in [1.54, 1.807) is 0 Å². The second kappa shape index (κ2) is 27.3. The molecule has 1 rings (SSSR count). The van der Waals surface area contributed by atoms with Gasteiger partial charge in [0.05, 0.1) is 14.2 Å². The van der Waals surface area contributed by atoms with Crippen molar-refractivity contribution in [1.29, 1.82) is 0 Å². The molecule has 0 N–H and O–H groups in total. The van der Waals surface area contributed by atoms with E-state index < -0.39 is 19.3 Å². The van der Waals surface area contributed by atoms with Crippen molar-refractivity contribution in [2.24, 2.45) is 4.74 Å². The number of rotatable bonds is 8. The zero-order chi connectivity index (χ0) is 30.4. The molecule has 0 amide bonds. The number of nitrogens with zero attached hydrogens (tertiary/aromatic N) is 3. The Kier molecular flexibility index (Phi) is 35.6. The average Bonchev–Trinajstić information content (AvgIpc) is 2.86. The van der Waals surface area contributed by atoms with Crippen LogP contribution in [0, 0.1) is 33.3 Å². The van der Waals surface area contributed by atoms with Crippen LogP contribution < -0.4 is 0 Å². The first-order chi connectivity index (χ1) is 17.0. The molecule has 0 radical (unpaired) electrons. The maximum Gasteiger partial charge on any atom is 0 e. The molecular formula is C23H34N3O9PW. The van der Waals surface area contributed by atoms with Gasteiger partial charge < -0.3 is 9.47 Å². The molecule has 0 atom stereocenters. The molecule has 0 saturated heterocycles. The molecular weight excluding hydrogens is 677 g/mol. The summed E-state index contributed by atoms with van der Waals surface area (Å²) in [6.45, 7) is 39.2. The number of hydrogen-bond donors (Lipinski definition) is 0. The van der Waals surface area contributed by atoms with Gasteiger partial charge in [0.2, 0.25) is 0 Å². The molecule has 14 heteroatoms. The molecule has 0 aliphatic carbocycles. The predicted octanol–water partition coefficient (Wildman–Crippen LogP) is 3.64. The van der Waals surface area contributed by atoms with Crippen molar-refractivity contribution >= 4 is 19.3 Å². The molecule has 0 spiro atoms. The Bertz CT molecular complexity index is 783. The largest absolute Gasteiger partial charge is 0 e. The van der Waals surface area contributed by atoms with E-state index in [-0.39, 0.29) is 50.9 Å². The molecule has 1 heterocycles. The minimum absolute atomic E-state index is 0. The van der Waals surface area contributed by atoms with Gasteiger partial charge >= 0.3 is 68.5 Å². The molecule has 0 bridgehead atoms. The molecule has 1 aliphatic rings. The van der Waals surface area contributed by atoms with Gasteiger partial charge in [0.1, 0.15) is 12.7 Å². The van der Waals surface area contributed by atoms with Crippen molar-refractivity contribution in [1.82, 2.24) is 9.34 Å². The van der Waals surface area contributed by atoms with Gasteiger partial charge in [-0.25, -0.2) is 23.7 Å². The van der Waals surface area contributed by atoms with Crippen molar-refractivity contribution in [3.05, 3.63) is 44.3 Å². The number of esters is 2. The van der Waals surface area contributed by atoms with Crippen LogP contribution in [0.5, 0.6) is 0 Å². The summed E-state index contributed by atoms with van der Waals surface area (Å²) < 4.78 is 56.8. The van der Waals surface area contributed by atoms with Crippen LogP contribution in [0.4, 0.5) is 0 Å². The maximum atomic E-state index is 12.8. The summed E-state index contributed by atoms with van der Waals surface area (Å²) in [5.74, 6) is -1.10. The first-order valence-electron chi connectivity index (χ1n) is 10.1. The van der Waals surface area contributed by atoms with Gasteiger partial charge in [-0.1, -0.05) is 0 Å². The molecule has 0 aromatic rings. The molecule has 0 aromatic carbocycles. The fourth-order valence-corrected chi connectivity index (χ4v) is 8.48. The van der Waals surface area contributed by atoms with E-state index in [0.717, 1.165) is 0 Å². The second-order valence-electron chi connectivity index (χ2n) is 7.48. The topological polar surface area (TPSA) is 171 Å². The summed E-state index contributed by atoms with van der Waals surface area (Å²) in [6.07, 6.45) is 0. The van der Waals surface area contributed by atoms with Gasteiger partial charge in [0, 0.05) is 45.2 Å². The van der Waals surface area contributed by atoms with E-state index >= 15 is 0 Å². The number of methoxy groups -OCH3 is 2. The summed E-state index contributed by atoms with van der Waals surface area (Å²) in [7, 11) is 0.00530. The molecule has 0 unspecified atom stereocenters. The minimum Gasteiger partial charge on any atom is 0 e. The van der Waals surface area contributed by atoms with Crippen molar-refractivity contribution in [3.8, 4) is 0 Å². The van der Waals surface area contributed by atoms with E-state index in [1.165, 1.54) is 14.2 Å². The van der Waals surface area contributed by atoms with Crippen LogP contribution in [0.25, 0.3) is 0 Å². The van der Waals surface area contributed by atoms with Crippen LogP contribution in [0.2, 0.25) is 0 Å². The second-order valence-corrected chi connectivity index (χ2v) is 10.2. The molecule has 12 nitrogen and oxygen atoms in total. The van der Waals surface area contributed by atoms with Crippen molar-refractivity contribution in [2.45, 2.75) is 79.6 Å². The van der Waals surface area contributed by atoms with Gasteiger partial charge in [-0.15, -0.1) is 0 Å². The number of carbonyl (C=O) groups is 2. The summed E-state index contributed by atoms with van der Waals surface area (Å²) in [5, 5.41) is 0.358. The molecule has 0 saturated carbocycles. The Morgan fingerprint density at radius 2 is 0.892 bits per heavy atom. The van der Waals surface area contributed by atoms with Gasteiger partial charge in [-0.05, 0) is 55.4 Å². The quantitative estimate of drug-likeness (QED) is 0.161. The minimum atomic E-state index is -2.62. The third kappa shape index (κ3) is 12.5. The predicted molar refractivity (Wildman–Crippen MR) is 124 cm³/mol. The Hall–Kier alpha value is -1.78. The summed E-state index contributed by atoms with van der Waals surface area (Å²) >= 11 is 0. The first-order valence-corrected chi connectivity index (χ1v) is 11.7. The Labute approximate surface area is 234 Å². The van der Waals surface area contributed by atoms with Gasteiger partial charge in [-0.2, -0.15) is 0 Å². The van der Waals surface area contributed by atoms with Crippen LogP contribution in [-0.4, -0.2) is 59.7 Å². The van der Waals surface area contributed by atoms with Crippen LogP contribution in [0.3, 0.4) is 0 Å². The molecule has 1 aliphatic heterocycles. The SMILES string of the molecule is COC(=O)C1=C(C(=O)OC)P(N(C(C)C)C(C)C)(N(C(C)C)C(C)C)=N1.[C-]#[O+].[C-]#[O+].[C-]#[O+].[C-]#[O+].[C-]#[O+].[W]. The van der Waals surface area contributed by atoms with E-state index in [0.29, 0.717) is 5.31 Å². The molecule has 0 aromatic heterocycles. The Morgan fingerprint density at radius 1 is 0.649 bits per heavy atom. The fraction of sp³-hybridized carbons (Fsp3) is 0.609. The molecule has 0 fully saturated rings. The van der Waals surface area contributed by atoms with E-state index in [2.05, 4.69) is 98.0 Å². The van der Waals surface area contributed by atoms with Crippen molar-refractivity contribution < 1.29 is 63.4 Å². The van der Waals surface area contributed by atoms with Gasteiger partial charge in [0.15, 0.2) is 5.70 Å². The van der Waals surface area contributed by atoms with Gasteiger partial charge in [-0.3, -0.25) is 0 Å². The van der Waals surface area contributed by atoms with Crippen LogP contribution in [-0.2, 0) is 63.4 Å². The summed E-state index contributed by atoms with van der Waals surface area (Å²) in [4.78, 5) is 25.0. The monoisotopic (exact) mass is 711 g/mol. The Morgan fingerprint density at radius 3 is 1.08 bits per heavy atom. The normalized spacial score (nSPS) is 11.9. The molecule has 37 heavy (non-hydrogen) atoms. The van der Waals surface area contributed by atoms with E-state index in [4.69, 9.17) is 37.5 Å². The van der Waals surface area contributed by atoms with Crippen LogP contribution in [0.1, 0.15) is 55.4 Å². The third-order valence-corrected chi connectivity index (χ3v) is 8.89. The summed E-state index contributed by atoms with van der Waals surface area (Å²) in [5.41, 5.74) is 0.0882. The summed E-state index contributed by atoms with van der Waals surface area (Å²) in [6, 6.07) is 0.522. The van der Waals surface area contributed by atoms with Crippen LogP contribution >= 0.6 is 7.36 Å². The maximum absolute atomic E-state index is 12.8. The first kappa shape index (κ1) is 48.3. The zero-order valence-corrected chi connectivity index (χ0v) is 26.5. The number of hydrogen-bond acceptors (Lipinski definition) is 7. The average molecular weight is 711 g/mol. The molecule has 206 valence electrons. The van der Waals surface area contributed by atoms with E-state index in [9.17, 15) is 9.59 Å². The third-order valence-electron chi connectivity index (χ3n) is 4.28. The zero-order valence-electron chi connectivity index (χ0n) is 22.7. The number of carbonyl (C=O) groups excluding carboxylic acids is 2. The smallest absolute Gasteiger partial charge is 0 e. The fourth-order valence-electron chi connectivity index (χ4n) is 3.82. The van der Waals surface area contributed by atoms with Crippen molar-refractivity contribution in [2.75, 3.05) is 14.2 Å². The van der Waals surface area contributed by atoms with E-state index in [1.807, 2.05) is 0 Å². The van der Waals surface area contributed by atoms with Crippen molar-refractivity contribution in [3.63, 3.8) is 0 Å². The number of ether oxygens (including phenoxy) is 2. The van der Waals surface area contributed by atoms with Gasteiger partial charge in [0.25, 0.3) is 0 Å².